The van der Waals surface area contributed by atoms with Crippen LogP contribution in [-0.4, -0.2) is 12.6 Å². The van der Waals surface area contributed by atoms with Crippen LogP contribution in [0.4, 0.5) is 0 Å². The van der Waals surface area contributed by atoms with Gasteiger partial charge in [-0.15, -0.1) is 0 Å². The highest BCUT2D eigenvalue weighted by Gasteiger charge is 2.18. The van der Waals surface area contributed by atoms with Crippen LogP contribution in [0.5, 0.6) is 0 Å². The zero-order chi connectivity index (χ0) is 8.65. The lowest BCUT2D eigenvalue weighted by Gasteiger charge is -1.99. The van der Waals surface area contributed by atoms with E-state index >= 15 is 0 Å². The topological polar surface area (TPSA) is 21.9 Å². The number of nitrogens with one attached hydrogen (secondary N) is 1. The second-order valence-electron chi connectivity index (χ2n) is 4.02. The minimum Gasteiger partial charge on any atom is -0.311 e. The predicted octanol–water partition coefficient (Wildman–Crippen LogP) is 3.10. The number of rotatable bonds is 8. The summed E-state index contributed by atoms with van der Waals surface area (Å²) in [4.78, 5) is 0. The molecule has 0 bridgehead atoms. The molecule has 12 heavy (non-hydrogen) atoms. The fraction of sp³-hybridized carbons (Fsp3) is 1.00. The maximum absolute atomic E-state index is 3.35. The van der Waals surface area contributed by atoms with Crippen molar-refractivity contribution in [2.45, 2.75) is 64.3 Å². The average Bonchev–Trinajstić information content (AvgIpc) is 2.87. The molecule has 0 amide bonds. The number of unbranched alkanes of at least 4 members (excludes halogenated alkanes) is 6. The van der Waals surface area contributed by atoms with E-state index in [2.05, 4.69) is 12.2 Å². The van der Waals surface area contributed by atoms with Gasteiger partial charge in [-0.3, -0.25) is 0 Å². The molecule has 1 fully saturated rings. The Morgan fingerprint density at radius 2 is 1.58 bits per heavy atom. The Kier molecular flexibility index (Phi) is 5.42. The molecule has 1 heterocycles. The average molecular weight is 169 g/mol. The standard InChI is InChI=1S/C11H23N/c1-2-3-4-5-6-7-8-9-11-10-12-11/h11-12H,2-10H2,1H3. The van der Waals surface area contributed by atoms with Crippen molar-refractivity contribution in [1.82, 2.24) is 5.32 Å². The second-order valence-corrected chi connectivity index (χ2v) is 4.02. The lowest BCUT2D eigenvalue weighted by Crippen LogP contribution is -1.89. The zero-order valence-electron chi connectivity index (χ0n) is 8.44. The van der Waals surface area contributed by atoms with Gasteiger partial charge in [0.05, 0.1) is 0 Å². The summed E-state index contributed by atoms with van der Waals surface area (Å²) >= 11 is 0. The first-order valence-corrected chi connectivity index (χ1v) is 5.67. The van der Waals surface area contributed by atoms with E-state index in [1.807, 2.05) is 0 Å². The Bertz CT molecular complexity index is 97.2. The SMILES string of the molecule is CCCCCCCCCC1CN1. The molecule has 1 aliphatic rings. The molecule has 1 N–H and O–H groups in total. The van der Waals surface area contributed by atoms with Crippen LogP contribution in [0.2, 0.25) is 0 Å². The van der Waals surface area contributed by atoms with Gasteiger partial charge in [0.1, 0.15) is 0 Å². The zero-order valence-corrected chi connectivity index (χ0v) is 8.44. The molecule has 1 heteroatoms. The molecular formula is C11H23N. The van der Waals surface area contributed by atoms with Gasteiger partial charge < -0.3 is 5.32 Å². The lowest BCUT2D eigenvalue weighted by atomic mass is 10.1. The minimum atomic E-state index is 0.903. The van der Waals surface area contributed by atoms with Crippen molar-refractivity contribution in [2.24, 2.45) is 0 Å². The van der Waals surface area contributed by atoms with Crippen LogP contribution in [0.1, 0.15) is 58.3 Å². The van der Waals surface area contributed by atoms with E-state index in [1.165, 1.54) is 57.9 Å². The molecule has 1 saturated heterocycles. The molecule has 1 unspecified atom stereocenters. The fourth-order valence-electron chi connectivity index (χ4n) is 1.64. The highest BCUT2D eigenvalue weighted by atomic mass is 15.1. The summed E-state index contributed by atoms with van der Waals surface area (Å²) in [5.41, 5.74) is 0. The molecule has 72 valence electrons. The van der Waals surface area contributed by atoms with Gasteiger partial charge in [-0.1, -0.05) is 51.9 Å². The third kappa shape index (κ3) is 5.59. The van der Waals surface area contributed by atoms with Gasteiger partial charge in [0.15, 0.2) is 0 Å². The smallest absolute Gasteiger partial charge is 0.0193 e. The highest BCUT2D eigenvalue weighted by molar-refractivity contribution is 4.82. The van der Waals surface area contributed by atoms with E-state index in [4.69, 9.17) is 0 Å². The first kappa shape index (κ1) is 10.0. The van der Waals surface area contributed by atoms with Gasteiger partial charge >= 0.3 is 0 Å². The minimum absolute atomic E-state index is 0.903. The summed E-state index contributed by atoms with van der Waals surface area (Å²) in [5, 5.41) is 3.35. The Hall–Kier alpha value is -0.0400. The number of hydrogen-bond acceptors (Lipinski definition) is 1. The highest BCUT2D eigenvalue weighted by Crippen LogP contribution is 2.12. The Morgan fingerprint density at radius 3 is 2.17 bits per heavy atom. The molecule has 1 nitrogen and oxygen atoms in total. The molecule has 1 aliphatic heterocycles. The maximum Gasteiger partial charge on any atom is 0.0193 e. The van der Waals surface area contributed by atoms with Gasteiger partial charge in [0.25, 0.3) is 0 Å². The fourth-order valence-corrected chi connectivity index (χ4v) is 1.64. The van der Waals surface area contributed by atoms with Crippen LogP contribution >= 0.6 is 0 Å². The predicted molar refractivity (Wildman–Crippen MR) is 54.4 cm³/mol. The molecule has 0 aliphatic carbocycles. The Balaban J connectivity index is 1.65. The van der Waals surface area contributed by atoms with E-state index in [0.29, 0.717) is 0 Å². The lowest BCUT2D eigenvalue weighted by molar-refractivity contribution is 0.573. The van der Waals surface area contributed by atoms with E-state index in [1.54, 1.807) is 0 Å². The van der Waals surface area contributed by atoms with Crippen LogP contribution in [0, 0.1) is 0 Å². The molecule has 0 aromatic rings. The van der Waals surface area contributed by atoms with Crippen LogP contribution in [-0.2, 0) is 0 Å². The second kappa shape index (κ2) is 6.47. The molecule has 0 spiro atoms. The maximum atomic E-state index is 3.35. The van der Waals surface area contributed by atoms with Crippen molar-refractivity contribution in [1.29, 1.82) is 0 Å². The molecular weight excluding hydrogens is 146 g/mol. The summed E-state index contributed by atoms with van der Waals surface area (Å²) in [7, 11) is 0. The third-order valence-corrected chi connectivity index (χ3v) is 2.65. The largest absolute Gasteiger partial charge is 0.311 e. The van der Waals surface area contributed by atoms with Crippen molar-refractivity contribution in [2.75, 3.05) is 6.54 Å². The van der Waals surface area contributed by atoms with Gasteiger partial charge in [-0.2, -0.15) is 0 Å². The quantitative estimate of drug-likeness (QED) is 0.437. The van der Waals surface area contributed by atoms with E-state index in [0.717, 1.165) is 6.04 Å². The van der Waals surface area contributed by atoms with Crippen molar-refractivity contribution < 1.29 is 0 Å². The molecule has 0 saturated carbocycles. The monoisotopic (exact) mass is 169 g/mol. The van der Waals surface area contributed by atoms with E-state index < -0.39 is 0 Å². The van der Waals surface area contributed by atoms with Crippen LogP contribution in [0.15, 0.2) is 0 Å². The van der Waals surface area contributed by atoms with Crippen molar-refractivity contribution in [3.8, 4) is 0 Å². The van der Waals surface area contributed by atoms with Crippen LogP contribution < -0.4 is 5.32 Å². The first-order valence-electron chi connectivity index (χ1n) is 5.67. The molecule has 1 atom stereocenters. The molecule has 0 radical (unpaired) electrons. The first-order chi connectivity index (χ1) is 5.93. The third-order valence-electron chi connectivity index (χ3n) is 2.65. The van der Waals surface area contributed by atoms with Gasteiger partial charge in [0.2, 0.25) is 0 Å². The van der Waals surface area contributed by atoms with Crippen LogP contribution in [0.25, 0.3) is 0 Å². The van der Waals surface area contributed by atoms with Crippen molar-refractivity contribution >= 4 is 0 Å². The summed E-state index contributed by atoms with van der Waals surface area (Å²) < 4.78 is 0. The molecule has 1 rings (SSSR count). The molecule has 0 aromatic carbocycles. The Morgan fingerprint density at radius 1 is 1.00 bits per heavy atom. The Labute approximate surface area is 76.9 Å². The van der Waals surface area contributed by atoms with Crippen molar-refractivity contribution in [3.05, 3.63) is 0 Å². The van der Waals surface area contributed by atoms with Gasteiger partial charge in [-0.25, -0.2) is 0 Å². The summed E-state index contributed by atoms with van der Waals surface area (Å²) in [6, 6.07) is 0.903. The normalized spacial score (nSPS) is 21.2. The summed E-state index contributed by atoms with van der Waals surface area (Å²) in [5.74, 6) is 0. The van der Waals surface area contributed by atoms with Gasteiger partial charge in [0, 0.05) is 12.6 Å². The van der Waals surface area contributed by atoms with Crippen LogP contribution in [0.3, 0.4) is 0 Å². The number of hydrogen-bond donors (Lipinski definition) is 1. The van der Waals surface area contributed by atoms with Gasteiger partial charge in [-0.05, 0) is 6.42 Å². The molecule has 0 aromatic heterocycles. The summed E-state index contributed by atoms with van der Waals surface area (Å²) in [6.07, 6.45) is 11.5. The van der Waals surface area contributed by atoms with E-state index in [9.17, 15) is 0 Å². The van der Waals surface area contributed by atoms with E-state index in [-0.39, 0.29) is 0 Å². The summed E-state index contributed by atoms with van der Waals surface area (Å²) in [6.45, 7) is 3.56. The van der Waals surface area contributed by atoms with Crippen molar-refractivity contribution in [3.63, 3.8) is 0 Å².